The topological polar surface area (TPSA) is 82.1 Å². The Hall–Kier alpha value is -1.94. The summed E-state index contributed by atoms with van der Waals surface area (Å²) in [6, 6.07) is 0.00351. The number of imidazole rings is 1. The fraction of sp³-hybridized carbons (Fsp3) is 0.667. The van der Waals surface area contributed by atoms with Crippen LogP contribution in [0, 0.1) is 0 Å². The molecule has 136 valence electrons. The molecule has 2 aromatic rings. The third-order valence-electron chi connectivity index (χ3n) is 5.53. The van der Waals surface area contributed by atoms with Gasteiger partial charge in [0.15, 0.2) is 17.1 Å². The molecule has 0 spiro atoms. The minimum Gasteiger partial charge on any atom is -0.382 e. The molecule has 25 heavy (non-hydrogen) atoms. The lowest BCUT2D eigenvalue weighted by Crippen LogP contribution is -2.63. The second kappa shape index (κ2) is 5.53. The molecule has 1 saturated heterocycles. The minimum atomic E-state index is -4.33. The molecular weight excluding hydrogens is 337 g/mol. The van der Waals surface area contributed by atoms with Crippen molar-refractivity contribution in [3.63, 3.8) is 0 Å². The highest BCUT2D eigenvalue weighted by Gasteiger charge is 2.64. The number of likely N-dealkylation sites (tertiary alicyclic amines) is 1. The fourth-order valence-corrected chi connectivity index (χ4v) is 3.94. The van der Waals surface area contributed by atoms with Crippen molar-refractivity contribution >= 4 is 17.0 Å². The van der Waals surface area contributed by atoms with Crippen LogP contribution in [0.1, 0.15) is 25.3 Å². The van der Waals surface area contributed by atoms with Gasteiger partial charge in [-0.25, -0.2) is 15.0 Å². The monoisotopic (exact) mass is 356 g/mol. The highest BCUT2D eigenvalue weighted by atomic mass is 19.4. The number of nitrogen functional groups attached to an aromatic ring is 1. The Kier molecular flexibility index (Phi) is 3.66. The molecule has 1 saturated carbocycles. The highest BCUT2D eigenvalue weighted by Crippen LogP contribution is 2.50. The van der Waals surface area contributed by atoms with E-state index in [9.17, 15) is 13.2 Å². The van der Waals surface area contributed by atoms with Crippen LogP contribution in [0.15, 0.2) is 12.7 Å². The van der Waals surface area contributed by atoms with Crippen LogP contribution in [-0.4, -0.2) is 62.4 Å². The molecule has 1 atom stereocenters. The van der Waals surface area contributed by atoms with E-state index in [1.807, 2.05) is 4.57 Å². The molecule has 1 unspecified atom stereocenters. The smallest absolute Gasteiger partial charge is 0.382 e. The van der Waals surface area contributed by atoms with Crippen LogP contribution >= 0.6 is 0 Å². The standard InChI is InChI=1S/C15H19F3N6O/c1-25-14(15(16,17)18)4-10(5-14)23-3-2-9(6-23)24-8-22-11-12(19)20-7-21-13(11)24/h7-10H,2-6H2,1H3,(H2,19,20,21). The molecule has 4 rings (SSSR count). The first-order chi connectivity index (χ1) is 11.8. The number of hydrogen-bond acceptors (Lipinski definition) is 6. The Balaban J connectivity index is 1.47. The molecule has 1 aliphatic carbocycles. The van der Waals surface area contributed by atoms with E-state index < -0.39 is 11.8 Å². The molecule has 0 radical (unpaired) electrons. The van der Waals surface area contributed by atoms with Gasteiger partial charge in [-0.3, -0.25) is 4.90 Å². The van der Waals surface area contributed by atoms with E-state index in [0.29, 0.717) is 23.5 Å². The summed E-state index contributed by atoms with van der Waals surface area (Å²) in [5.41, 5.74) is 5.03. The predicted octanol–water partition coefficient (Wildman–Crippen LogP) is 1.77. The zero-order valence-electron chi connectivity index (χ0n) is 13.7. The van der Waals surface area contributed by atoms with Crippen LogP contribution in [-0.2, 0) is 4.74 Å². The van der Waals surface area contributed by atoms with Gasteiger partial charge >= 0.3 is 6.18 Å². The number of ether oxygens (including phenoxy) is 1. The number of aromatic nitrogens is 4. The SMILES string of the molecule is COC1(C(F)(F)F)CC(N2CCC(n3cnc4c(N)ncnc43)C2)C1. The van der Waals surface area contributed by atoms with Crippen molar-refractivity contribution in [3.8, 4) is 0 Å². The zero-order chi connectivity index (χ0) is 17.8. The number of nitrogens with zero attached hydrogens (tertiary/aromatic N) is 5. The summed E-state index contributed by atoms with van der Waals surface area (Å²) in [6.07, 6.45) is -0.451. The van der Waals surface area contributed by atoms with Crippen LogP contribution in [0.5, 0.6) is 0 Å². The lowest BCUT2D eigenvalue weighted by Gasteiger charge is -2.50. The van der Waals surface area contributed by atoms with Crippen LogP contribution in [0.3, 0.4) is 0 Å². The Morgan fingerprint density at radius 2 is 2.00 bits per heavy atom. The molecule has 2 aliphatic rings. The molecule has 10 heteroatoms. The number of hydrogen-bond donors (Lipinski definition) is 1. The predicted molar refractivity (Wildman–Crippen MR) is 83.8 cm³/mol. The fourth-order valence-electron chi connectivity index (χ4n) is 3.94. The Morgan fingerprint density at radius 3 is 2.68 bits per heavy atom. The third kappa shape index (κ3) is 2.46. The van der Waals surface area contributed by atoms with Crippen molar-refractivity contribution in [3.05, 3.63) is 12.7 Å². The molecule has 0 amide bonds. The molecule has 0 aromatic carbocycles. The molecule has 0 bridgehead atoms. The summed E-state index contributed by atoms with van der Waals surface area (Å²) >= 11 is 0. The van der Waals surface area contributed by atoms with Gasteiger partial charge in [-0.2, -0.15) is 13.2 Å². The first kappa shape index (κ1) is 16.5. The molecule has 2 aromatic heterocycles. The molecule has 3 heterocycles. The Labute approximate surface area is 142 Å². The largest absolute Gasteiger partial charge is 0.417 e. The number of methoxy groups -OCH3 is 1. The van der Waals surface area contributed by atoms with Crippen LogP contribution in [0.2, 0.25) is 0 Å². The number of halogens is 3. The second-order valence-electron chi connectivity index (χ2n) is 6.78. The van der Waals surface area contributed by atoms with E-state index in [1.165, 1.54) is 6.33 Å². The van der Waals surface area contributed by atoms with Gasteiger partial charge in [-0.1, -0.05) is 0 Å². The van der Waals surface area contributed by atoms with Gasteiger partial charge < -0.3 is 15.0 Å². The van der Waals surface area contributed by atoms with E-state index in [1.54, 1.807) is 6.33 Å². The van der Waals surface area contributed by atoms with Gasteiger partial charge in [0.05, 0.1) is 12.4 Å². The summed E-state index contributed by atoms with van der Waals surface area (Å²) in [5.74, 6) is 0.327. The van der Waals surface area contributed by atoms with E-state index in [-0.39, 0.29) is 24.9 Å². The highest BCUT2D eigenvalue weighted by molar-refractivity contribution is 5.81. The Bertz CT molecular complexity index is 785. The van der Waals surface area contributed by atoms with E-state index >= 15 is 0 Å². The van der Waals surface area contributed by atoms with Crippen molar-refractivity contribution in [2.75, 3.05) is 25.9 Å². The van der Waals surface area contributed by atoms with Crippen LogP contribution in [0.4, 0.5) is 19.0 Å². The van der Waals surface area contributed by atoms with Crippen molar-refractivity contribution in [1.29, 1.82) is 0 Å². The molecular formula is C15H19F3N6O. The third-order valence-corrected chi connectivity index (χ3v) is 5.53. The average Bonchev–Trinajstić information content (AvgIpc) is 3.12. The summed E-state index contributed by atoms with van der Waals surface area (Å²) < 4.78 is 46.2. The summed E-state index contributed by atoms with van der Waals surface area (Å²) in [5, 5.41) is 0. The lowest BCUT2D eigenvalue weighted by molar-refractivity contribution is -0.308. The van der Waals surface area contributed by atoms with E-state index in [2.05, 4.69) is 19.9 Å². The minimum absolute atomic E-state index is 0.0144. The van der Waals surface area contributed by atoms with E-state index in [4.69, 9.17) is 10.5 Å². The molecule has 2 fully saturated rings. The van der Waals surface area contributed by atoms with Gasteiger partial charge in [0.25, 0.3) is 0 Å². The summed E-state index contributed by atoms with van der Waals surface area (Å²) in [4.78, 5) is 14.5. The zero-order valence-corrected chi connectivity index (χ0v) is 13.7. The number of rotatable bonds is 3. The number of alkyl halides is 3. The van der Waals surface area contributed by atoms with Crippen molar-refractivity contribution in [2.24, 2.45) is 0 Å². The van der Waals surface area contributed by atoms with Gasteiger partial charge in [-0.05, 0) is 6.42 Å². The maximum Gasteiger partial charge on any atom is 0.417 e. The summed E-state index contributed by atoms with van der Waals surface area (Å²) in [7, 11) is 1.14. The van der Waals surface area contributed by atoms with Crippen molar-refractivity contribution in [1.82, 2.24) is 24.4 Å². The number of anilines is 1. The normalized spacial score (nSPS) is 30.7. The molecule has 2 N–H and O–H groups in total. The number of nitrogens with two attached hydrogens (primary N) is 1. The summed E-state index contributed by atoms with van der Waals surface area (Å²) in [6.45, 7) is 1.41. The van der Waals surface area contributed by atoms with E-state index in [0.717, 1.165) is 20.1 Å². The quantitative estimate of drug-likeness (QED) is 0.903. The molecule has 7 nitrogen and oxygen atoms in total. The van der Waals surface area contributed by atoms with Gasteiger partial charge in [0, 0.05) is 39.1 Å². The van der Waals surface area contributed by atoms with Crippen LogP contribution < -0.4 is 5.73 Å². The number of fused-ring (bicyclic) bond motifs is 1. The van der Waals surface area contributed by atoms with Gasteiger partial charge in [0.2, 0.25) is 0 Å². The maximum atomic E-state index is 13.1. The van der Waals surface area contributed by atoms with Gasteiger partial charge in [-0.15, -0.1) is 0 Å². The van der Waals surface area contributed by atoms with Gasteiger partial charge in [0.1, 0.15) is 11.8 Å². The maximum absolute atomic E-state index is 13.1. The second-order valence-corrected chi connectivity index (χ2v) is 6.78. The first-order valence-corrected chi connectivity index (χ1v) is 8.13. The average molecular weight is 356 g/mol. The van der Waals surface area contributed by atoms with Crippen LogP contribution in [0.25, 0.3) is 11.2 Å². The molecule has 1 aliphatic heterocycles. The Morgan fingerprint density at radius 1 is 1.24 bits per heavy atom. The van der Waals surface area contributed by atoms with Crippen molar-refractivity contribution < 1.29 is 17.9 Å². The lowest BCUT2D eigenvalue weighted by atomic mass is 9.74. The first-order valence-electron chi connectivity index (χ1n) is 8.13. The van der Waals surface area contributed by atoms with Crippen molar-refractivity contribution in [2.45, 2.75) is 43.1 Å².